The summed E-state index contributed by atoms with van der Waals surface area (Å²) in [6.45, 7) is 1.46. The summed E-state index contributed by atoms with van der Waals surface area (Å²) in [5, 5.41) is 4.63. The van der Waals surface area contributed by atoms with Crippen molar-refractivity contribution >= 4 is 26.7 Å². The van der Waals surface area contributed by atoms with Gasteiger partial charge < -0.3 is 10.2 Å². The molecule has 0 radical (unpaired) electrons. The van der Waals surface area contributed by atoms with E-state index < -0.39 is 10.0 Å². The van der Waals surface area contributed by atoms with E-state index >= 15 is 0 Å². The van der Waals surface area contributed by atoms with E-state index in [2.05, 4.69) is 22.3 Å². The zero-order valence-electron chi connectivity index (χ0n) is 23.0. The van der Waals surface area contributed by atoms with Gasteiger partial charge in [-0.15, -0.1) is 0 Å². The fourth-order valence-corrected chi connectivity index (χ4v) is 7.11. The van der Waals surface area contributed by atoms with E-state index in [1.54, 1.807) is 36.5 Å². The third kappa shape index (κ3) is 6.50. The Balaban J connectivity index is 1.06. The maximum Gasteiger partial charge on any atom is 0.267 e. The maximum absolute atomic E-state index is 13.0. The van der Waals surface area contributed by atoms with Crippen LogP contribution in [0.1, 0.15) is 50.0 Å². The molecule has 1 fully saturated rings. The number of aromatic nitrogens is 3. The SMILES string of the molecule is CN(C)c1nc(CCCC2CCC(CNCc3cccn3S(=O)(=O)c3ccccc3)CC2)nc2ccccc12. The van der Waals surface area contributed by atoms with E-state index in [9.17, 15) is 8.42 Å². The first kappa shape index (κ1) is 27.3. The first-order chi connectivity index (χ1) is 18.9. The number of fused-ring (bicyclic) bond motifs is 1. The van der Waals surface area contributed by atoms with Crippen LogP contribution in [0.4, 0.5) is 5.82 Å². The van der Waals surface area contributed by atoms with Gasteiger partial charge >= 0.3 is 0 Å². The summed E-state index contributed by atoms with van der Waals surface area (Å²) in [6, 6.07) is 20.5. The van der Waals surface area contributed by atoms with Gasteiger partial charge in [0.2, 0.25) is 0 Å². The van der Waals surface area contributed by atoms with Crippen molar-refractivity contribution in [3.8, 4) is 0 Å². The van der Waals surface area contributed by atoms with Crippen molar-refractivity contribution in [2.75, 3.05) is 25.5 Å². The zero-order chi connectivity index (χ0) is 27.2. The first-order valence-corrected chi connectivity index (χ1v) is 15.5. The fraction of sp³-hybridized carbons (Fsp3) is 0.419. The molecule has 5 rings (SSSR count). The normalized spacial score (nSPS) is 17.9. The Labute approximate surface area is 232 Å². The predicted octanol–water partition coefficient (Wildman–Crippen LogP) is 5.65. The van der Waals surface area contributed by atoms with Crippen LogP contribution < -0.4 is 10.2 Å². The third-order valence-corrected chi connectivity index (χ3v) is 9.61. The number of hydrogen-bond donors (Lipinski definition) is 1. The minimum atomic E-state index is -3.57. The van der Waals surface area contributed by atoms with E-state index in [4.69, 9.17) is 9.97 Å². The molecule has 206 valence electrons. The molecule has 0 amide bonds. The van der Waals surface area contributed by atoms with E-state index in [1.165, 1.54) is 36.1 Å². The van der Waals surface area contributed by atoms with Gasteiger partial charge in [-0.25, -0.2) is 22.4 Å². The van der Waals surface area contributed by atoms with Crippen molar-refractivity contribution in [3.05, 3.63) is 84.4 Å². The molecule has 0 spiro atoms. The van der Waals surface area contributed by atoms with Crippen molar-refractivity contribution < 1.29 is 8.42 Å². The molecule has 1 N–H and O–H groups in total. The Hall–Kier alpha value is -3.23. The Kier molecular flexibility index (Phi) is 8.63. The average molecular weight is 546 g/mol. The Morgan fingerprint density at radius 1 is 0.897 bits per heavy atom. The molecule has 2 heterocycles. The molecule has 1 aliphatic carbocycles. The average Bonchev–Trinajstić information content (AvgIpc) is 3.43. The van der Waals surface area contributed by atoms with Gasteiger partial charge in [0, 0.05) is 44.3 Å². The molecular formula is C31H39N5O2S. The van der Waals surface area contributed by atoms with Crippen molar-refractivity contribution in [2.24, 2.45) is 11.8 Å². The van der Waals surface area contributed by atoms with Crippen molar-refractivity contribution in [1.82, 2.24) is 19.3 Å². The second kappa shape index (κ2) is 12.3. The van der Waals surface area contributed by atoms with Crippen LogP contribution in [0.25, 0.3) is 10.9 Å². The minimum Gasteiger partial charge on any atom is -0.362 e. The van der Waals surface area contributed by atoms with Gasteiger partial charge in [0.05, 0.1) is 10.4 Å². The number of rotatable bonds is 11. The van der Waals surface area contributed by atoms with Gasteiger partial charge in [-0.05, 0) is 74.0 Å². The number of para-hydroxylation sites is 1. The molecule has 0 bridgehead atoms. The van der Waals surface area contributed by atoms with Gasteiger partial charge in [-0.2, -0.15) is 0 Å². The predicted molar refractivity (Wildman–Crippen MR) is 157 cm³/mol. The zero-order valence-corrected chi connectivity index (χ0v) is 23.8. The lowest BCUT2D eigenvalue weighted by molar-refractivity contribution is 0.253. The molecule has 8 heteroatoms. The van der Waals surface area contributed by atoms with Gasteiger partial charge in [-0.1, -0.05) is 49.6 Å². The maximum atomic E-state index is 13.0. The molecule has 0 saturated heterocycles. The van der Waals surface area contributed by atoms with E-state index in [0.717, 1.165) is 53.5 Å². The van der Waals surface area contributed by atoms with Crippen molar-refractivity contribution in [1.29, 1.82) is 0 Å². The largest absolute Gasteiger partial charge is 0.362 e. The van der Waals surface area contributed by atoms with Crippen LogP contribution in [0, 0.1) is 11.8 Å². The molecular weight excluding hydrogens is 506 g/mol. The molecule has 0 unspecified atom stereocenters. The molecule has 7 nitrogen and oxygen atoms in total. The molecule has 0 atom stereocenters. The Morgan fingerprint density at radius 3 is 2.38 bits per heavy atom. The number of aryl methyl sites for hydroxylation is 1. The van der Waals surface area contributed by atoms with Crippen molar-refractivity contribution in [2.45, 2.75) is 56.4 Å². The Bertz CT molecular complexity index is 1480. The summed E-state index contributed by atoms with van der Waals surface area (Å²) in [4.78, 5) is 12.1. The number of nitrogens with one attached hydrogen (secondary N) is 1. The smallest absolute Gasteiger partial charge is 0.267 e. The lowest BCUT2D eigenvalue weighted by atomic mass is 9.80. The van der Waals surface area contributed by atoms with Crippen LogP contribution in [-0.4, -0.2) is 43.0 Å². The highest BCUT2D eigenvalue weighted by Crippen LogP contribution is 2.32. The lowest BCUT2D eigenvalue weighted by Crippen LogP contribution is -2.27. The Morgan fingerprint density at radius 2 is 1.62 bits per heavy atom. The summed E-state index contributed by atoms with van der Waals surface area (Å²) < 4.78 is 27.4. The van der Waals surface area contributed by atoms with Crippen LogP contribution in [-0.2, 0) is 23.0 Å². The molecule has 1 saturated carbocycles. The number of nitrogens with zero attached hydrogens (tertiary/aromatic N) is 4. The molecule has 2 aromatic carbocycles. The quantitative estimate of drug-likeness (QED) is 0.262. The van der Waals surface area contributed by atoms with Gasteiger partial charge in [0.1, 0.15) is 11.6 Å². The summed E-state index contributed by atoms with van der Waals surface area (Å²) in [5.74, 6) is 3.34. The fourth-order valence-electron chi connectivity index (χ4n) is 5.72. The number of anilines is 1. The van der Waals surface area contributed by atoms with Crippen LogP contribution in [0.15, 0.2) is 77.8 Å². The summed E-state index contributed by atoms with van der Waals surface area (Å²) in [5.41, 5.74) is 1.78. The number of benzene rings is 2. The third-order valence-electron chi connectivity index (χ3n) is 7.86. The first-order valence-electron chi connectivity index (χ1n) is 14.0. The minimum absolute atomic E-state index is 0.311. The van der Waals surface area contributed by atoms with E-state index in [0.29, 0.717) is 17.4 Å². The molecule has 2 aromatic heterocycles. The van der Waals surface area contributed by atoms with Crippen LogP contribution in [0.5, 0.6) is 0 Å². The highest BCUT2D eigenvalue weighted by molar-refractivity contribution is 7.90. The highest BCUT2D eigenvalue weighted by atomic mass is 32.2. The lowest BCUT2D eigenvalue weighted by Gasteiger charge is -2.28. The molecule has 0 aliphatic heterocycles. The molecule has 4 aromatic rings. The summed E-state index contributed by atoms with van der Waals surface area (Å²) in [6.07, 6.45) is 9.84. The van der Waals surface area contributed by atoms with Gasteiger partial charge in [-0.3, -0.25) is 0 Å². The van der Waals surface area contributed by atoms with E-state index in [-0.39, 0.29) is 0 Å². The van der Waals surface area contributed by atoms with Gasteiger partial charge in [0.15, 0.2) is 0 Å². The van der Waals surface area contributed by atoms with Crippen LogP contribution >= 0.6 is 0 Å². The van der Waals surface area contributed by atoms with Gasteiger partial charge in [0.25, 0.3) is 10.0 Å². The topological polar surface area (TPSA) is 80.1 Å². The monoisotopic (exact) mass is 545 g/mol. The van der Waals surface area contributed by atoms with Crippen LogP contribution in [0.2, 0.25) is 0 Å². The van der Waals surface area contributed by atoms with Crippen LogP contribution in [0.3, 0.4) is 0 Å². The highest BCUT2D eigenvalue weighted by Gasteiger charge is 2.22. The standard InChI is InChI=1S/C31H39N5O2S/c1-35(2)31-28-14-6-7-15-29(28)33-30(34-31)16-8-10-24-17-19-25(20-18-24)22-32-23-26-11-9-21-36(26)39(37,38)27-12-4-3-5-13-27/h3-7,9,11-15,21,24-25,32H,8,10,16-20,22-23H2,1-2H3. The van der Waals surface area contributed by atoms with Crippen molar-refractivity contribution in [3.63, 3.8) is 0 Å². The van der Waals surface area contributed by atoms with E-state index in [1.807, 2.05) is 38.4 Å². The second-order valence-electron chi connectivity index (χ2n) is 10.9. The summed E-state index contributed by atoms with van der Waals surface area (Å²) >= 11 is 0. The summed E-state index contributed by atoms with van der Waals surface area (Å²) in [7, 11) is 0.505. The molecule has 39 heavy (non-hydrogen) atoms. The molecule has 1 aliphatic rings. The number of hydrogen-bond acceptors (Lipinski definition) is 6. The second-order valence-corrected chi connectivity index (χ2v) is 12.7.